The molecule has 6 aromatic carbocycles. The zero-order valence-electron chi connectivity index (χ0n) is 23.1. The monoisotopic (exact) mass is 552 g/mol. The zero-order chi connectivity index (χ0) is 28.3. The first-order valence-corrected chi connectivity index (χ1v) is 14.4. The third kappa shape index (κ3) is 3.74. The van der Waals surface area contributed by atoms with E-state index in [4.69, 9.17) is 8.83 Å². The minimum Gasteiger partial charge on any atom is -0.456 e. The molecule has 43 heavy (non-hydrogen) atoms. The van der Waals surface area contributed by atoms with Crippen molar-refractivity contribution in [2.24, 2.45) is 0 Å². The van der Waals surface area contributed by atoms with Crippen LogP contribution in [0, 0.1) is 0 Å². The molecule has 0 amide bonds. The summed E-state index contributed by atoms with van der Waals surface area (Å²) in [6, 6.07) is 48.5. The normalized spacial score (nSPS) is 11.7. The summed E-state index contributed by atoms with van der Waals surface area (Å²) >= 11 is 0. The molecule has 0 fully saturated rings. The van der Waals surface area contributed by atoms with Crippen molar-refractivity contribution in [1.82, 2.24) is 4.98 Å². The van der Waals surface area contributed by atoms with Crippen molar-refractivity contribution in [1.29, 1.82) is 0 Å². The number of pyridine rings is 1. The molecule has 0 N–H and O–H groups in total. The number of benzene rings is 6. The first kappa shape index (κ1) is 23.8. The van der Waals surface area contributed by atoms with Crippen LogP contribution < -0.4 is 4.90 Å². The Kier molecular flexibility index (Phi) is 5.16. The Balaban J connectivity index is 1.31. The Hall–Kier alpha value is -5.87. The second-order valence-electron chi connectivity index (χ2n) is 10.8. The zero-order valence-corrected chi connectivity index (χ0v) is 23.1. The molecule has 0 atom stereocenters. The molecule has 0 unspecified atom stereocenters. The predicted octanol–water partition coefficient (Wildman–Crippen LogP) is 11.2. The number of anilines is 3. The van der Waals surface area contributed by atoms with Crippen LogP contribution >= 0.6 is 0 Å². The van der Waals surface area contributed by atoms with E-state index in [0.29, 0.717) is 5.71 Å². The van der Waals surface area contributed by atoms with Gasteiger partial charge in [0, 0.05) is 39.1 Å². The van der Waals surface area contributed by atoms with Gasteiger partial charge in [-0.2, -0.15) is 0 Å². The van der Waals surface area contributed by atoms with Gasteiger partial charge in [-0.05, 0) is 65.0 Å². The highest BCUT2D eigenvalue weighted by Gasteiger charge is 2.22. The van der Waals surface area contributed by atoms with Gasteiger partial charge in [0.1, 0.15) is 16.7 Å². The minimum absolute atomic E-state index is 0.615. The fourth-order valence-corrected chi connectivity index (χ4v) is 6.31. The van der Waals surface area contributed by atoms with Crippen LogP contribution in [0.3, 0.4) is 0 Å². The molecule has 0 saturated carbocycles. The lowest BCUT2D eigenvalue weighted by atomic mass is 10.0. The van der Waals surface area contributed by atoms with E-state index in [1.807, 2.05) is 30.5 Å². The molecule has 4 heteroatoms. The van der Waals surface area contributed by atoms with Gasteiger partial charge in [-0.15, -0.1) is 0 Å². The third-order valence-corrected chi connectivity index (χ3v) is 8.33. The summed E-state index contributed by atoms with van der Waals surface area (Å²) in [4.78, 5) is 6.98. The Labute approximate surface area is 247 Å². The molecule has 0 radical (unpaired) electrons. The second kappa shape index (κ2) is 9.33. The Bertz CT molecular complexity index is 2450. The number of rotatable bonds is 4. The van der Waals surface area contributed by atoms with Crippen molar-refractivity contribution in [3.8, 4) is 11.1 Å². The van der Waals surface area contributed by atoms with E-state index in [-0.39, 0.29) is 0 Å². The summed E-state index contributed by atoms with van der Waals surface area (Å²) in [6.07, 6.45) is 1.83. The van der Waals surface area contributed by atoms with Gasteiger partial charge in [-0.25, -0.2) is 4.98 Å². The van der Waals surface area contributed by atoms with Gasteiger partial charge in [-0.1, -0.05) is 91.0 Å². The second-order valence-corrected chi connectivity index (χ2v) is 10.8. The van der Waals surface area contributed by atoms with E-state index in [1.54, 1.807) is 0 Å². The van der Waals surface area contributed by atoms with Crippen molar-refractivity contribution in [3.05, 3.63) is 146 Å². The number of nitrogens with zero attached hydrogens (tertiary/aromatic N) is 2. The highest BCUT2D eigenvalue weighted by Crippen LogP contribution is 2.45. The molecule has 0 aliphatic rings. The standard InChI is InChI=1S/C39H24N2O2/c1-2-8-25(9-3-1)26-14-17-28(18-15-26)41(29-19-21-36-33(24-29)31-12-6-7-13-35(31)42-36)34-22-23-40-39-37(34)32-20-16-27-10-4-5-11-30(27)38(32)43-39/h1-24H. The van der Waals surface area contributed by atoms with Crippen molar-refractivity contribution in [2.45, 2.75) is 0 Å². The van der Waals surface area contributed by atoms with Crippen LogP contribution in [0.2, 0.25) is 0 Å². The molecule has 9 aromatic rings. The van der Waals surface area contributed by atoms with Crippen LogP contribution in [-0.2, 0) is 0 Å². The number of aromatic nitrogens is 1. The van der Waals surface area contributed by atoms with Crippen molar-refractivity contribution >= 4 is 71.8 Å². The first-order valence-electron chi connectivity index (χ1n) is 14.4. The summed E-state index contributed by atoms with van der Waals surface area (Å²) in [5.41, 5.74) is 8.62. The molecule has 4 nitrogen and oxygen atoms in total. The van der Waals surface area contributed by atoms with Crippen molar-refractivity contribution in [3.63, 3.8) is 0 Å². The van der Waals surface area contributed by atoms with Crippen molar-refractivity contribution in [2.75, 3.05) is 4.90 Å². The van der Waals surface area contributed by atoms with E-state index in [2.05, 4.69) is 125 Å². The topological polar surface area (TPSA) is 42.4 Å². The van der Waals surface area contributed by atoms with E-state index in [9.17, 15) is 0 Å². The number of hydrogen-bond donors (Lipinski definition) is 0. The van der Waals surface area contributed by atoms with E-state index in [0.717, 1.165) is 66.1 Å². The summed E-state index contributed by atoms with van der Waals surface area (Å²) in [7, 11) is 0. The van der Waals surface area contributed by atoms with Crippen LogP contribution in [0.5, 0.6) is 0 Å². The van der Waals surface area contributed by atoms with Gasteiger partial charge < -0.3 is 13.7 Å². The van der Waals surface area contributed by atoms with Gasteiger partial charge in [0.2, 0.25) is 5.71 Å². The number of hydrogen-bond acceptors (Lipinski definition) is 4. The maximum absolute atomic E-state index is 6.47. The average molecular weight is 553 g/mol. The van der Waals surface area contributed by atoms with Crippen LogP contribution in [-0.4, -0.2) is 4.98 Å². The molecule has 0 spiro atoms. The molecular formula is C39H24N2O2. The van der Waals surface area contributed by atoms with Gasteiger partial charge in [-0.3, -0.25) is 0 Å². The third-order valence-electron chi connectivity index (χ3n) is 8.33. The maximum atomic E-state index is 6.47. The average Bonchev–Trinajstić information content (AvgIpc) is 3.65. The summed E-state index contributed by atoms with van der Waals surface area (Å²) in [5.74, 6) is 0. The van der Waals surface area contributed by atoms with Gasteiger partial charge in [0.25, 0.3) is 0 Å². The quantitative estimate of drug-likeness (QED) is 0.218. The summed E-state index contributed by atoms with van der Waals surface area (Å²) in [6.45, 7) is 0. The molecular weight excluding hydrogens is 528 g/mol. The first-order chi connectivity index (χ1) is 21.3. The molecule has 3 heterocycles. The predicted molar refractivity (Wildman–Crippen MR) is 176 cm³/mol. The molecule has 0 aliphatic carbocycles. The van der Waals surface area contributed by atoms with Gasteiger partial charge >= 0.3 is 0 Å². The van der Waals surface area contributed by atoms with Crippen LogP contribution in [0.25, 0.3) is 65.9 Å². The summed E-state index contributed by atoms with van der Waals surface area (Å²) < 4.78 is 12.6. The number of furan rings is 2. The number of para-hydroxylation sites is 1. The summed E-state index contributed by atoms with van der Waals surface area (Å²) in [5, 5.41) is 6.41. The van der Waals surface area contributed by atoms with E-state index in [1.165, 1.54) is 11.1 Å². The minimum atomic E-state index is 0.615. The van der Waals surface area contributed by atoms with Crippen LogP contribution in [0.4, 0.5) is 17.1 Å². The highest BCUT2D eigenvalue weighted by atomic mass is 16.3. The van der Waals surface area contributed by atoms with Crippen LogP contribution in [0.15, 0.2) is 155 Å². The molecule has 0 bridgehead atoms. The van der Waals surface area contributed by atoms with Crippen molar-refractivity contribution < 1.29 is 8.83 Å². The Morgan fingerprint density at radius 1 is 0.488 bits per heavy atom. The largest absolute Gasteiger partial charge is 0.456 e. The Morgan fingerprint density at radius 2 is 1.21 bits per heavy atom. The molecule has 3 aromatic heterocycles. The lowest BCUT2D eigenvalue weighted by molar-refractivity contribution is 0.657. The fraction of sp³-hybridized carbons (Fsp3) is 0. The lowest BCUT2D eigenvalue weighted by Gasteiger charge is -2.26. The van der Waals surface area contributed by atoms with Crippen LogP contribution in [0.1, 0.15) is 0 Å². The highest BCUT2D eigenvalue weighted by molar-refractivity contribution is 6.19. The molecule has 0 saturated heterocycles. The number of fused-ring (bicyclic) bond motifs is 8. The van der Waals surface area contributed by atoms with Gasteiger partial charge in [0.05, 0.1) is 11.1 Å². The molecule has 9 rings (SSSR count). The smallest absolute Gasteiger partial charge is 0.229 e. The molecule has 0 aliphatic heterocycles. The van der Waals surface area contributed by atoms with Gasteiger partial charge in [0.15, 0.2) is 0 Å². The lowest BCUT2D eigenvalue weighted by Crippen LogP contribution is -2.10. The maximum Gasteiger partial charge on any atom is 0.229 e. The molecule has 202 valence electrons. The van der Waals surface area contributed by atoms with E-state index >= 15 is 0 Å². The Morgan fingerprint density at radius 3 is 2.09 bits per heavy atom. The SMILES string of the molecule is c1ccc(-c2ccc(N(c3ccc4oc5ccccc5c4c3)c3ccnc4oc5c6ccccc6ccc5c34)cc2)cc1. The van der Waals surface area contributed by atoms with E-state index < -0.39 is 0 Å². The fourth-order valence-electron chi connectivity index (χ4n) is 6.31.